The van der Waals surface area contributed by atoms with Crippen molar-refractivity contribution in [2.45, 2.75) is 13.8 Å². The van der Waals surface area contributed by atoms with Gasteiger partial charge in [-0.3, -0.25) is 4.79 Å². The Balaban J connectivity index is 2.32. The largest absolute Gasteiger partial charge is 0.462 e. The number of halogens is 1. The zero-order chi connectivity index (χ0) is 20.3. The molecule has 0 aliphatic rings. The maximum atomic E-state index is 13.3. The van der Waals surface area contributed by atoms with Crippen molar-refractivity contribution in [1.82, 2.24) is 9.61 Å². The molecule has 0 unspecified atom stereocenters. The number of aromatic nitrogens is 2. The molecule has 0 aliphatic heterocycles. The number of nitrogens with zero attached hydrogens (tertiary/aromatic N) is 2. The van der Waals surface area contributed by atoms with Crippen LogP contribution >= 0.6 is 15.9 Å². The second-order valence-electron chi connectivity index (χ2n) is 5.70. The number of fused-ring (bicyclic) bond motifs is 1. The first-order valence-electron chi connectivity index (χ1n) is 8.63. The first-order valence-corrected chi connectivity index (χ1v) is 9.43. The monoisotopic (exact) mass is 444 g/mol. The maximum Gasteiger partial charge on any atom is 0.341 e. The second kappa shape index (κ2) is 8.35. The Morgan fingerprint density at radius 3 is 2.18 bits per heavy atom. The van der Waals surface area contributed by atoms with Gasteiger partial charge in [0.25, 0.3) is 0 Å². The predicted molar refractivity (Wildman–Crippen MR) is 105 cm³/mol. The number of carbonyl (C=O) groups is 3. The fourth-order valence-corrected chi connectivity index (χ4v) is 3.12. The van der Waals surface area contributed by atoms with Crippen molar-refractivity contribution in [3.63, 3.8) is 0 Å². The van der Waals surface area contributed by atoms with Gasteiger partial charge in [-0.25, -0.2) is 14.1 Å². The molecule has 0 saturated carbocycles. The quantitative estimate of drug-likeness (QED) is 0.425. The highest BCUT2D eigenvalue weighted by atomic mass is 79.9. The number of esters is 2. The van der Waals surface area contributed by atoms with E-state index in [0.29, 0.717) is 11.1 Å². The van der Waals surface area contributed by atoms with Gasteiger partial charge in [-0.05, 0) is 50.2 Å². The van der Waals surface area contributed by atoms with Crippen LogP contribution in [-0.2, 0) is 9.47 Å². The van der Waals surface area contributed by atoms with E-state index in [9.17, 15) is 14.4 Å². The maximum absolute atomic E-state index is 13.3. The van der Waals surface area contributed by atoms with Crippen LogP contribution < -0.4 is 0 Å². The molecule has 2 heterocycles. The van der Waals surface area contributed by atoms with E-state index in [1.165, 1.54) is 10.7 Å². The molecule has 8 heteroatoms. The third-order valence-electron chi connectivity index (χ3n) is 3.99. The number of hydrogen-bond donors (Lipinski definition) is 0. The Morgan fingerprint density at radius 2 is 1.57 bits per heavy atom. The highest BCUT2D eigenvalue weighted by Gasteiger charge is 2.34. The molecule has 0 spiro atoms. The summed E-state index contributed by atoms with van der Waals surface area (Å²) in [5.74, 6) is -1.96. The fraction of sp³-hybridized carbons (Fsp3) is 0.200. The molecule has 7 nitrogen and oxygen atoms in total. The minimum absolute atomic E-state index is 0.0335. The highest BCUT2D eigenvalue weighted by molar-refractivity contribution is 9.10. The van der Waals surface area contributed by atoms with Gasteiger partial charge < -0.3 is 9.47 Å². The standard InChI is InChI=1S/C20H17BrN2O5/c1-3-27-19(25)15-14-6-5-11-22-23(14)17(16(15)20(26)28-4-2)18(24)12-7-9-13(21)10-8-12/h5-11H,3-4H2,1-2H3. The molecule has 3 rings (SSSR count). The molecule has 28 heavy (non-hydrogen) atoms. The minimum atomic E-state index is -0.781. The van der Waals surface area contributed by atoms with Crippen LogP contribution in [0.4, 0.5) is 0 Å². The molecule has 2 aromatic heterocycles. The molecular formula is C20H17BrN2O5. The minimum Gasteiger partial charge on any atom is -0.462 e. The van der Waals surface area contributed by atoms with Gasteiger partial charge >= 0.3 is 11.9 Å². The summed E-state index contributed by atoms with van der Waals surface area (Å²) in [5.41, 5.74) is 0.416. The van der Waals surface area contributed by atoms with Gasteiger partial charge in [-0.1, -0.05) is 15.9 Å². The molecule has 3 aromatic rings. The summed E-state index contributed by atoms with van der Waals surface area (Å²) in [5, 5.41) is 4.18. The van der Waals surface area contributed by atoms with Gasteiger partial charge in [0.2, 0.25) is 5.78 Å². The number of ketones is 1. The van der Waals surface area contributed by atoms with Crippen LogP contribution in [0.2, 0.25) is 0 Å². The molecule has 1 aromatic carbocycles. The van der Waals surface area contributed by atoms with E-state index in [-0.39, 0.29) is 30.0 Å². The summed E-state index contributed by atoms with van der Waals surface area (Å²) < 4.78 is 12.3. The highest BCUT2D eigenvalue weighted by Crippen LogP contribution is 2.27. The van der Waals surface area contributed by atoms with Gasteiger partial charge in [-0.15, -0.1) is 0 Å². The van der Waals surface area contributed by atoms with Gasteiger partial charge in [-0.2, -0.15) is 5.10 Å². The van der Waals surface area contributed by atoms with Crippen LogP contribution in [0.5, 0.6) is 0 Å². The Hall–Kier alpha value is -3.00. The zero-order valence-electron chi connectivity index (χ0n) is 15.3. The number of ether oxygens (including phenoxy) is 2. The number of benzene rings is 1. The van der Waals surface area contributed by atoms with Crippen molar-refractivity contribution < 1.29 is 23.9 Å². The molecule has 0 atom stereocenters. The summed E-state index contributed by atoms with van der Waals surface area (Å²) in [7, 11) is 0. The number of hydrogen-bond acceptors (Lipinski definition) is 6. The fourth-order valence-electron chi connectivity index (χ4n) is 2.85. The molecule has 0 aliphatic carbocycles. The van der Waals surface area contributed by atoms with Crippen LogP contribution in [0.3, 0.4) is 0 Å². The molecule has 0 bridgehead atoms. The Labute approximate surface area is 169 Å². The molecule has 0 N–H and O–H groups in total. The van der Waals surface area contributed by atoms with Crippen molar-refractivity contribution in [3.05, 3.63) is 69.5 Å². The van der Waals surface area contributed by atoms with E-state index in [0.717, 1.165) is 4.47 Å². The average molecular weight is 445 g/mol. The van der Waals surface area contributed by atoms with Crippen molar-refractivity contribution in [2.24, 2.45) is 0 Å². The summed E-state index contributed by atoms with van der Waals surface area (Å²) in [6, 6.07) is 9.88. The van der Waals surface area contributed by atoms with Crippen LogP contribution in [0.25, 0.3) is 5.52 Å². The lowest BCUT2D eigenvalue weighted by Crippen LogP contribution is -2.17. The number of rotatable bonds is 6. The first-order chi connectivity index (χ1) is 13.5. The molecule has 0 radical (unpaired) electrons. The van der Waals surface area contributed by atoms with E-state index in [4.69, 9.17) is 9.47 Å². The lowest BCUT2D eigenvalue weighted by atomic mass is 10.0. The Morgan fingerprint density at radius 1 is 0.964 bits per heavy atom. The number of carbonyl (C=O) groups excluding carboxylic acids is 3. The van der Waals surface area contributed by atoms with Crippen molar-refractivity contribution >= 4 is 39.2 Å². The lowest BCUT2D eigenvalue weighted by molar-refractivity contribution is 0.0480. The molecule has 0 amide bonds. The van der Waals surface area contributed by atoms with Gasteiger partial charge in [0.05, 0.1) is 18.7 Å². The van der Waals surface area contributed by atoms with Crippen LogP contribution in [-0.4, -0.2) is 40.5 Å². The first kappa shape index (κ1) is 19.8. The predicted octanol–water partition coefficient (Wildman–Crippen LogP) is 3.68. The van der Waals surface area contributed by atoms with Gasteiger partial charge in [0.1, 0.15) is 16.8 Å². The molecule has 0 saturated heterocycles. The Kier molecular flexibility index (Phi) is 5.89. The van der Waals surface area contributed by atoms with Crippen LogP contribution in [0.15, 0.2) is 47.1 Å². The van der Waals surface area contributed by atoms with E-state index in [2.05, 4.69) is 21.0 Å². The molecule has 144 valence electrons. The van der Waals surface area contributed by atoms with E-state index in [1.54, 1.807) is 50.2 Å². The van der Waals surface area contributed by atoms with Crippen molar-refractivity contribution in [1.29, 1.82) is 0 Å². The SMILES string of the molecule is CCOC(=O)c1c(C(=O)OCC)c2cccnn2c1C(=O)c1ccc(Br)cc1. The lowest BCUT2D eigenvalue weighted by Gasteiger charge is -2.07. The topological polar surface area (TPSA) is 87.0 Å². The van der Waals surface area contributed by atoms with Crippen LogP contribution in [0, 0.1) is 0 Å². The normalized spacial score (nSPS) is 10.7. The average Bonchev–Trinajstić information content (AvgIpc) is 3.04. The van der Waals surface area contributed by atoms with Gasteiger partial charge in [0.15, 0.2) is 0 Å². The molecule has 0 fully saturated rings. The Bertz CT molecular complexity index is 1060. The van der Waals surface area contributed by atoms with E-state index in [1.807, 2.05) is 0 Å². The van der Waals surface area contributed by atoms with Gasteiger partial charge in [0, 0.05) is 16.2 Å². The van der Waals surface area contributed by atoms with Crippen molar-refractivity contribution in [3.8, 4) is 0 Å². The van der Waals surface area contributed by atoms with E-state index < -0.39 is 17.7 Å². The van der Waals surface area contributed by atoms with Crippen molar-refractivity contribution in [2.75, 3.05) is 13.2 Å². The summed E-state index contributed by atoms with van der Waals surface area (Å²) in [6.07, 6.45) is 1.47. The smallest absolute Gasteiger partial charge is 0.341 e. The molecular weight excluding hydrogens is 428 g/mol. The zero-order valence-corrected chi connectivity index (χ0v) is 16.9. The summed E-state index contributed by atoms with van der Waals surface area (Å²) in [4.78, 5) is 38.6. The second-order valence-corrected chi connectivity index (χ2v) is 6.61. The van der Waals surface area contributed by atoms with Crippen LogP contribution in [0.1, 0.15) is 50.6 Å². The third-order valence-corrected chi connectivity index (χ3v) is 4.51. The summed E-state index contributed by atoms with van der Waals surface area (Å²) in [6.45, 7) is 3.51. The summed E-state index contributed by atoms with van der Waals surface area (Å²) >= 11 is 3.33. The van der Waals surface area contributed by atoms with E-state index >= 15 is 0 Å². The third kappa shape index (κ3) is 3.55.